The molecule has 0 saturated heterocycles. The summed E-state index contributed by atoms with van der Waals surface area (Å²) in [4.78, 5) is 0. The van der Waals surface area contributed by atoms with Crippen molar-refractivity contribution in [2.24, 2.45) is 5.92 Å². The highest BCUT2D eigenvalue weighted by Crippen LogP contribution is 2.13. The van der Waals surface area contributed by atoms with Crippen molar-refractivity contribution in [1.29, 1.82) is 5.26 Å². The fraction of sp³-hybridized carbons (Fsp3) is 0.909. The monoisotopic (exact) mass is 167 g/mol. The largest absolute Gasteiger partial charge is 0.198 e. The van der Waals surface area contributed by atoms with E-state index in [0.717, 1.165) is 12.8 Å². The third-order valence-corrected chi connectivity index (χ3v) is 2.33. The molecule has 0 aliphatic rings. The van der Waals surface area contributed by atoms with Crippen LogP contribution >= 0.6 is 0 Å². The second kappa shape index (κ2) is 8.59. The molecule has 0 spiro atoms. The minimum Gasteiger partial charge on any atom is -0.198 e. The number of hydrogen-bond acceptors (Lipinski definition) is 1. The third-order valence-electron chi connectivity index (χ3n) is 2.33. The lowest BCUT2D eigenvalue weighted by atomic mass is 10.00. The van der Waals surface area contributed by atoms with Crippen molar-refractivity contribution in [1.82, 2.24) is 0 Å². The van der Waals surface area contributed by atoms with Crippen molar-refractivity contribution in [3.8, 4) is 6.07 Å². The van der Waals surface area contributed by atoms with Crippen LogP contribution in [0.5, 0.6) is 0 Å². The number of unbranched alkanes of at least 4 members (excludes halogenated alkanes) is 4. The van der Waals surface area contributed by atoms with E-state index in [9.17, 15) is 0 Å². The Kier molecular flexibility index (Phi) is 8.22. The van der Waals surface area contributed by atoms with E-state index < -0.39 is 0 Å². The van der Waals surface area contributed by atoms with Crippen molar-refractivity contribution in [3.05, 3.63) is 0 Å². The molecule has 1 nitrogen and oxygen atoms in total. The molecule has 0 aliphatic heterocycles. The van der Waals surface area contributed by atoms with Crippen LogP contribution in [0.15, 0.2) is 0 Å². The van der Waals surface area contributed by atoms with Gasteiger partial charge in [0.1, 0.15) is 0 Å². The summed E-state index contributed by atoms with van der Waals surface area (Å²) in [6, 6.07) is 2.34. The lowest BCUT2D eigenvalue weighted by Crippen LogP contribution is -1.94. The van der Waals surface area contributed by atoms with Crippen LogP contribution in [0.1, 0.15) is 58.8 Å². The molecule has 1 unspecified atom stereocenters. The van der Waals surface area contributed by atoms with Crippen molar-refractivity contribution in [2.45, 2.75) is 58.8 Å². The van der Waals surface area contributed by atoms with E-state index in [0.29, 0.717) is 5.92 Å². The van der Waals surface area contributed by atoms with E-state index in [1.165, 1.54) is 32.1 Å². The van der Waals surface area contributed by atoms with E-state index in [1.54, 1.807) is 0 Å². The van der Waals surface area contributed by atoms with E-state index in [1.807, 2.05) is 0 Å². The van der Waals surface area contributed by atoms with E-state index in [4.69, 9.17) is 5.26 Å². The van der Waals surface area contributed by atoms with Crippen LogP contribution in [0.25, 0.3) is 0 Å². The molecule has 0 amide bonds. The van der Waals surface area contributed by atoms with Crippen LogP contribution in [-0.2, 0) is 0 Å². The summed E-state index contributed by atoms with van der Waals surface area (Å²) in [7, 11) is 0. The van der Waals surface area contributed by atoms with Crippen LogP contribution < -0.4 is 0 Å². The Bertz CT molecular complexity index is 123. The smallest absolute Gasteiger partial charge is 0.0655 e. The quantitative estimate of drug-likeness (QED) is 0.527. The lowest BCUT2D eigenvalue weighted by molar-refractivity contribution is 0.520. The summed E-state index contributed by atoms with van der Waals surface area (Å²) in [5, 5.41) is 8.68. The zero-order chi connectivity index (χ0) is 9.23. The maximum absolute atomic E-state index is 8.68. The molecule has 0 aliphatic carbocycles. The van der Waals surface area contributed by atoms with Crippen molar-refractivity contribution in [3.63, 3.8) is 0 Å². The molecule has 0 fully saturated rings. The third kappa shape index (κ3) is 6.22. The van der Waals surface area contributed by atoms with Gasteiger partial charge in [-0.25, -0.2) is 0 Å². The summed E-state index contributed by atoms with van der Waals surface area (Å²) in [5.41, 5.74) is 0. The number of nitriles is 1. The van der Waals surface area contributed by atoms with Gasteiger partial charge >= 0.3 is 0 Å². The van der Waals surface area contributed by atoms with Gasteiger partial charge in [0, 0.05) is 5.92 Å². The van der Waals surface area contributed by atoms with E-state index in [-0.39, 0.29) is 0 Å². The van der Waals surface area contributed by atoms with E-state index in [2.05, 4.69) is 19.9 Å². The van der Waals surface area contributed by atoms with Crippen LogP contribution in [-0.4, -0.2) is 0 Å². The first-order valence-electron chi connectivity index (χ1n) is 5.24. The molecule has 0 heterocycles. The highest BCUT2D eigenvalue weighted by atomic mass is 14.3. The molecule has 0 aromatic rings. The molecular weight excluding hydrogens is 146 g/mol. The van der Waals surface area contributed by atoms with Gasteiger partial charge in [0.25, 0.3) is 0 Å². The highest BCUT2D eigenvalue weighted by Gasteiger charge is 2.02. The predicted octanol–water partition coefficient (Wildman–Crippen LogP) is 3.90. The van der Waals surface area contributed by atoms with Crippen LogP contribution in [0.2, 0.25) is 0 Å². The van der Waals surface area contributed by atoms with Crippen LogP contribution in [0.4, 0.5) is 0 Å². The van der Waals surface area contributed by atoms with Gasteiger partial charge in [0.2, 0.25) is 0 Å². The highest BCUT2D eigenvalue weighted by molar-refractivity contribution is 4.80. The second-order valence-corrected chi connectivity index (χ2v) is 3.44. The summed E-state index contributed by atoms with van der Waals surface area (Å²) in [6.07, 6.45) is 8.68. The normalized spacial score (nSPS) is 12.4. The van der Waals surface area contributed by atoms with Gasteiger partial charge in [-0.3, -0.25) is 0 Å². The maximum atomic E-state index is 8.68. The van der Waals surface area contributed by atoms with Crippen LogP contribution in [0.3, 0.4) is 0 Å². The topological polar surface area (TPSA) is 23.8 Å². The Balaban J connectivity index is 3.13. The van der Waals surface area contributed by atoms with Gasteiger partial charge in [-0.05, 0) is 12.8 Å². The Labute approximate surface area is 76.8 Å². The Morgan fingerprint density at radius 3 is 2.25 bits per heavy atom. The van der Waals surface area contributed by atoms with Gasteiger partial charge in [0.05, 0.1) is 6.07 Å². The van der Waals surface area contributed by atoms with Gasteiger partial charge in [-0.2, -0.15) is 5.26 Å². The van der Waals surface area contributed by atoms with Gasteiger partial charge in [0.15, 0.2) is 0 Å². The van der Waals surface area contributed by atoms with E-state index >= 15 is 0 Å². The van der Waals surface area contributed by atoms with Gasteiger partial charge in [-0.1, -0.05) is 46.0 Å². The summed E-state index contributed by atoms with van der Waals surface area (Å²) >= 11 is 0. The van der Waals surface area contributed by atoms with Crippen molar-refractivity contribution >= 4 is 0 Å². The molecule has 1 atom stereocenters. The predicted molar refractivity (Wildman–Crippen MR) is 52.8 cm³/mol. The standard InChI is InChI=1S/C11H21N/c1-3-5-6-7-8-9-11(4-2)10-12/h11H,3-9H2,1-2H3. The SMILES string of the molecule is CCCCCCCC(C#N)CC. The average molecular weight is 167 g/mol. The number of nitrogens with zero attached hydrogens (tertiary/aromatic N) is 1. The first-order chi connectivity index (χ1) is 5.85. The van der Waals surface area contributed by atoms with Gasteiger partial charge < -0.3 is 0 Å². The molecule has 0 bridgehead atoms. The Hall–Kier alpha value is -0.510. The molecular formula is C11H21N. The van der Waals surface area contributed by atoms with Crippen molar-refractivity contribution in [2.75, 3.05) is 0 Å². The second-order valence-electron chi connectivity index (χ2n) is 3.44. The molecule has 0 saturated carbocycles. The number of hydrogen-bond donors (Lipinski definition) is 0. The summed E-state index contributed by atoms with van der Waals surface area (Å²) in [6.45, 7) is 4.32. The molecule has 0 aromatic heterocycles. The Morgan fingerprint density at radius 2 is 1.75 bits per heavy atom. The zero-order valence-corrected chi connectivity index (χ0v) is 8.47. The average Bonchev–Trinajstić information content (AvgIpc) is 2.11. The minimum atomic E-state index is 0.312. The summed E-state index contributed by atoms with van der Waals surface area (Å²) < 4.78 is 0. The fourth-order valence-electron chi connectivity index (χ4n) is 1.35. The lowest BCUT2D eigenvalue weighted by Gasteiger charge is -2.04. The Morgan fingerprint density at radius 1 is 1.08 bits per heavy atom. The maximum Gasteiger partial charge on any atom is 0.0655 e. The number of rotatable bonds is 7. The van der Waals surface area contributed by atoms with Crippen LogP contribution in [0, 0.1) is 17.2 Å². The minimum absolute atomic E-state index is 0.312. The summed E-state index contributed by atoms with van der Waals surface area (Å²) in [5.74, 6) is 0.312. The molecule has 0 rings (SSSR count). The zero-order valence-electron chi connectivity index (χ0n) is 8.47. The molecule has 0 aromatic carbocycles. The molecule has 0 radical (unpaired) electrons. The fourth-order valence-corrected chi connectivity index (χ4v) is 1.35. The molecule has 0 N–H and O–H groups in total. The molecule has 12 heavy (non-hydrogen) atoms. The first kappa shape index (κ1) is 11.5. The molecule has 1 heteroatoms. The van der Waals surface area contributed by atoms with Crippen molar-refractivity contribution < 1.29 is 0 Å². The molecule has 70 valence electrons. The van der Waals surface area contributed by atoms with Gasteiger partial charge in [-0.15, -0.1) is 0 Å². The first-order valence-corrected chi connectivity index (χ1v) is 5.24.